The third kappa shape index (κ3) is 71.9. The van der Waals surface area contributed by atoms with Crippen molar-refractivity contribution >= 4 is 0 Å². The molecule has 8 heteroatoms. The molecule has 9 fully saturated rings. The number of ether oxygens (including phenoxy) is 7. The van der Waals surface area contributed by atoms with Crippen molar-refractivity contribution in [3.63, 3.8) is 0 Å². The van der Waals surface area contributed by atoms with Gasteiger partial charge in [0.05, 0.1) is 77.3 Å². The lowest BCUT2D eigenvalue weighted by Gasteiger charge is -2.37. The molecular formula is C99H204O8. The molecule has 1 N–H and O–H groups in total. The van der Waals surface area contributed by atoms with Crippen LogP contribution in [-0.2, 0) is 33.2 Å². The smallest absolute Gasteiger partial charge is 0.0837 e. The summed E-state index contributed by atoms with van der Waals surface area (Å²) in [5.74, 6) is 5.60. The maximum Gasteiger partial charge on any atom is 0.0837 e. The molecule has 0 aromatic heterocycles. The summed E-state index contributed by atoms with van der Waals surface area (Å²) >= 11 is 0. The lowest BCUT2D eigenvalue weighted by atomic mass is 9.69. The molecule has 0 aromatic rings. The zero-order valence-corrected chi connectivity index (χ0v) is 81.9. The lowest BCUT2D eigenvalue weighted by molar-refractivity contribution is -0.102. The Morgan fingerprint density at radius 1 is 0.280 bits per heavy atom. The van der Waals surface area contributed by atoms with Crippen LogP contribution >= 0.6 is 0 Å². The van der Waals surface area contributed by atoms with E-state index in [0.29, 0.717) is 68.2 Å². The highest BCUT2D eigenvalue weighted by molar-refractivity contribution is 4.86. The van der Waals surface area contributed by atoms with Crippen molar-refractivity contribution in [2.75, 3.05) is 26.4 Å². The first-order valence-electron chi connectivity index (χ1n) is 44.8. The van der Waals surface area contributed by atoms with Crippen molar-refractivity contribution in [3.8, 4) is 0 Å². The fourth-order valence-corrected chi connectivity index (χ4v) is 13.9. The van der Waals surface area contributed by atoms with Crippen molar-refractivity contribution in [2.24, 2.45) is 78.8 Å². The molecule has 0 bridgehead atoms. The third-order valence-electron chi connectivity index (χ3n) is 21.3. The Morgan fingerprint density at radius 2 is 0.523 bits per heavy atom. The van der Waals surface area contributed by atoms with E-state index in [0.717, 1.165) is 68.9 Å². The zero-order chi connectivity index (χ0) is 84.5. The van der Waals surface area contributed by atoms with Gasteiger partial charge in [0.25, 0.3) is 0 Å². The molecule has 2 aliphatic heterocycles. The largest absolute Gasteiger partial charge is 0.392 e. The molecule has 1 unspecified atom stereocenters. The molecule has 3 atom stereocenters. The molecule has 648 valence electrons. The molecule has 0 amide bonds. The molecule has 8 nitrogen and oxygen atoms in total. The number of aliphatic hydroxyl groups excluding tert-OH is 1. The minimum atomic E-state index is -0.183. The van der Waals surface area contributed by atoms with Gasteiger partial charge in [-0.2, -0.15) is 0 Å². The van der Waals surface area contributed by atoms with E-state index in [9.17, 15) is 5.11 Å². The summed E-state index contributed by atoms with van der Waals surface area (Å²) in [6.45, 7) is 99.9. The normalized spacial score (nSPS) is 21.4. The van der Waals surface area contributed by atoms with Gasteiger partial charge in [-0.05, 0) is 300 Å². The zero-order valence-electron chi connectivity index (χ0n) is 81.9. The predicted octanol–water partition coefficient (Wildman–Crippen LogP) is 31.0. The van der Waals surface area contributed by atoms with Gasteiger partial charge in [-0.1, -0.05) is 251 Å². The van der Waals surface area contributed by atoms with Crippen LogP contribution in [0.15, 0.2) is 0 Å². The molecular weight excluding hydrogens is 1320 g/mol. The predicted molar refractivity (Wildman–Crippen MR) is 475 cm³/mol. The van der Waals surface area contributed by atoms with E-state index in [1.165, 1.54) is 154 Å². The summed E-state index contributed by atoms with van der Waals surface area (Å²) < 4.78 is 38.8. The Bertz CT molecular complexity index is 1950. The van der Waals surface area contributed by atoms with E-state index in [4.69, 9.17) is 33.2 Å². The molecule has 107 heavy (non-hydrogen) atoms. The Labute approximate surface area is 675 Å². The molecule has 7 saturated carbocycles. The number of hydrogen-bond acceptors (Lipinski definition) is 8. The van der Waals surface area contributed by atoms with Crippen LogP contribution in [0.4, 0.5) is 0 Å². The summed E-state index contributed by atoms with van der Waals surface area (Å²) in [5, 5.41) is 9.46. The molecule has 2 saturated heterocycles. The standard InChI is InChI=1S/C10H20.C9H18O.C9H18.2C8H16O2.C8H16O.2C8H18O.2C8H16.C8H18.C7H14/c1-10(2,3)8-9-6-4-5-7-9;1-9(2,3)10-8-6-4-5-7-8;1-9(2,3)8-6-4-5-7-8;2*1-8(2,3)10-7-4-5-9-6-7;1-8(2,3)9-7-5-4-6-7;1-7(2,3)9-8(4,5)6;1-6(2)7(9)8(3,4)5;1-8(2,3)6-7-4-5-7;1-8(2,3)7-5-4-6-7;1-7(2,3)8(4,5)6;1-7(2,3)6-4-5-6/h9H,4-8H2,1-3H3;8H,4-7H2,1-3H3;8H,4-7H2,1-3H3;2*7H,4-6H2,1-3H3;7H,4-6H2,1-3H3;1-6H3;6-7,9H,1-5H3;2*7H,4-6H2,1-3H3;1-6H3;6H,4-5H2,1-3H3/t;;;7-;;;;7-;;;;/m...0...0..../s1. The van der Waals surface area contributed by atoms with Gasteiger partial charge in [0.2, 0.25) is 0 Å². The highest BCUT2D eigenvalue weighted by atomic mass is 16.6. The van der Waals surface area contributed by atoms with Gasteiger partial charge in [0.15, 0.2) is 0 Å². The molecule has 0 aromatic carbocycles. The first kappa shape index (κ1) is 111. The topological polar surface area (TPSA) is 84.8 Å². The van der Waals surface area contributed by atoms with Gasteiger partial charge >= 0.3 is 0 Å². The van der Waals surface area contributed by atoms with Crippen LogP contribution in [0.25, 0.3) is 0 Å². The minimum Gasteiger partial charge on any atom is -0.392 e. The van der Waals surface area contributed by atoms with Gasteiger partial charge < -0.3 is 38.3 Å². The van der Waals surface area contributed by atoms with Gasteiger partial charge in [0.1, 0.15) is 0 Å². The first-order chi connectivity index (χ1) is 47.6. The van der Waals surface area contributed by atoms with Crippen molar-refractivity contribution in [3.05, 3.63) is 0 Å². The highest BCUT2D eigenvalue weighted by Crippen LogP contribution is 2.45. The molecule has 2 heterocycles. The summed E-state index contributed by atoms with van der Waals surface area (Å²) in [7, 11) is 0. The van der Waals surface area contributed by atoms with Crippen LogP contribution < -0.4 is 0 Å². The second-order valence-electron chi connectivity index (χ2n) is 49.3. The Kier molecular flexibility index (Phi) is 50.8. The van der Waals surface area contributed by atoms with Gasteiger partial charge in [-0.3, -0.25) is 0 Å². The fraction of sp³-hybridized carbons (Fsp3) is 1.00. The van der Waals surface area contributed by atoms with Crippen LogP contribution in [-0.4, -0.2) is 95.7 Å². The van der Waals surface area contributed by atoms with Crippen LogP contribution in [0, 0.1) is 78.8 Å². The van der Waals surface area contributed by atoms with E-state index >= 15 is 0 Å². The average molecular weight is 1520 g/mol. The lowest BCUT2D eigenvalue weighted by Crippen LogP contribution is -2.31. The average Bonchev–Trinajstić information content (AvgIpc) is 1.83. The van der Waals surface area contributed by atoms with E-state index in [1.807, 2.05) is 13.8 Å². The van der Waals surface area contributed by atoms with Crippen LogP contribution in [0.1, 0.15) is 472 Å². The molecule has 9 aliphatic rings. The maximum absolute atomic E-state index is 9.46. The monoisotopic (exact) mass is 1520 g/mol. The van der Waals surface area contributed by atoms with Gasteiger partial charge in [0, 0.05) is 13.2 Å². The number of aliphatic hydroxyl groups is 1. The van der Waals surface area contributed by atoms with Crippen molar-refractivity contribution in [1.29, 1.82) is 0 Å². The van der Waals surface area contributed by atoms with Crippen molar-refractivity contribution in [2.45, 2.75) is 536 Å². The quantitative estimate of drug-likeness (QED) is 0.270. The molecule has 7 aliphatic carbocycles. The highest BCUT2D eigenvalue weighted by Gasteiger charge is 2.35. The van der Waals surface area contributed by atoms with Crippen LogP contribution in [0.5, 0.6) is 0 Å². The maximum atomic E-state index is 9.46. The SMILES string of the molecule is CC(C)(C)C(C)(C)C.CC(C)(C)C1CC1.CC(C)(C)C1CCC1.CC(C)(C)C1CCCC1.CC(C)(C)CC1CC1.CC(C)(C)CC1CCCC1.CC(C)(C)OC(C)(C)C.CC(C)(C)OC1CCC1.CC(C)(C)OC1CCCC1.CC(C)(C)OC1CCOC1.CC(C)(C)O[C@H]1CCOC1.CC(C)[C@H](O)C(C)(C)C. The minimum absolute atomic E-state index is 0.0155. The van der Waals surface area contributed by atoms with Crippen LogP contribution in [0.2, 0.25) is 0 Å². The first-order valence-corrected chi connectivity index (χ1v) is 44.8. The van der Waals surface area contributed by atoms with Gasteiger partial charge in [-0.15, -0.1) is 0 Å². The summed E-state index contributed by atoms with van der Waals surface area (Å²) in [6.07, 6.45) is 38.0. The fourth-order valence-electron chi connectivity index (χ4n) is 13.9. The van der Waals surface area contributed by atoms with E-state index < -0.39 is 0 Å². The molecule has 0 radical (unpaired) electrons. The molecule has 9 rings (SSSR count). The summed E-state index contributed by atoms with van der Waals surface area (Å²) in [4.78, 5) is 0. The van der Waals surface area contributed by atoms with E-state index in [-0.39, 0.29) is 45.1 Å². The Balaban J connectivity index is -0.00000110. The van der Waals surface area contributed by atoms with Crippen molar-refractivity contribution < 1.29 is 38.3 Å². The second kappa shape index (κ2) is 49.0. The van der Waals surface area contributed by atoms with Crippen molar-refractivity contribution in [1.82, 2.24) is 0 Å². The van der Waals surface area contributed by atoms with Gasteiger partial charge in [-0.25, -0.2) is 0 Å². The Hall–Kier alpha value is -0.320. The second-order valence-corrected chi connectivity index (χ2v) is 49.3. The molecule has 0 spiro atoms. The number of rotatable bonds is 7. The summed E-state index contributed by atoms with van der Waals surface area (Å²) in [6, 6.07) is 0. The summed E-state index contributed by atoms with van der Waals surface area (Å²) in [5.41, 5.74) is 3.92. The number of hydrogen-bond donors (Lipinski definition) is 1. The third-order valence-corrected chi connectivity index (χ3v) is 21.3. The van der Waals surface area contributed by atoms with E-state index in [2.05, 4.69) is 291 Å². The van der Waals surface area contributed by atoms with E-state index in [1.54, 1.807) is 0 Å². The Morgan fingerprint density at radius 3 is 0.654 bits per heavy atom. The van der Waals surface area contributed by atoms with Crippen LogP contribution in [0.3, 0.4) is 0 Å².